The van der Waals surface area contributed by atoms with Crippen LogP contribution in [-0.2, 0) is 9.59 Å². The molecule has 0 atom stereocenters. The van der Waals surface area contributed by atoms with Gasteiger partial charge in [-0.05, 0) is 48.5 Å². The molecule has 0 spiro atoms. The van der Waals surface area contributed by atoms with Crippen LogP contribution in [0.15, 0.2) is 144 Å². The molecule has 0 bridgehead atoms. The van der Waals surface area contributed by atoms with E-state index in [1.54, 1.807) is 30.3 Å². The zero-order chi connectivity index (χ0) is 25.1. The van der Waals surface area contributed by atoms with Gasteiger partial charge in [0.25, 0.3) is 11.6 Å². The van der Waals surface area contributed by atoms with E-state index < -0.39 is 36.1 Å². The Kier molecular flexibility index (Phi) is 6.32. The number of anilines is 1. The molecule has 5 rings (SSSR count). The van der Waals surface area contributed by atoms with Crippen LogP contribution in [0.5, 0.6) is 0 Å². The first-order valence-electron chi connectivity index (χ1n) is 11.4. The lowest BCUT2D eigenvalue weighted by atomic mass is 10.1. The van der Waals surface area contributed by atoms with Crippen LogP contribution < -0.4 is 21.2 Å². The van der Waals surface area contributed by atoms with Crippen LogP contribution in [-0.4, -0.2) is 16.7 Å². The van der Waals surface area contributed by atoms with Gasteiger partial charge >= 0.3 is 0 Å². The highest BCUT2D eigenvalue weighted by Crippen LogP contribution is 2.64. The molecule has 0 amide bonds. The van der Waals surface area contributed by atoms with E-state index in [1.807, 2.05) is 91.0 Å². The molecule has 0 fully saturated rings. The number of aliphatic hydroxyl groups excluding tert-OH is 1. The Balaban J connectivity index is 1.89. The number of nitrogens with one attached hydrogen (secondary N) is 1. The fourth-order valence-electron chi connectivity index (χ4n) is 4.53. The Hall–Kier alpha value is -4.34. The summed E-state index contributed by atoms with van der Waals surface area (Å²) >= 11 is 0. The first-order chi connectivity index (χ1) is 17.5. The summed E-state index contributed by atoms with van der Waals surface area (Å²) in [7, 11) is -3.13. The number of carbonyl (C=O) groups excluding carboxylic acids is 2. The smallest absolute Gasteiger partial charge is 0.275 e. The first-order valence-corrected chi connectivity index (χ1v) is 13.1. The van der Waals surface area contributed by atoms with Crippen molar-refractivity contribution in [3.63, 3.8) is 0 Å². The molecule has 0 aliphatic heterocycles. The highest BCUT2D eigenvalue weighted by Gasteiger charge is 2.58. The van der Waals surface area contributed by atoms with Gasteiger partial charge in [-0.2, -0.15) is 0 Å². The number of para-hydroxylation sites is 1. The largest absolute Gasteiger partial charge is 0.502 e. The lowest BCUT2D eigenvalue weighted by Crippen LogP contribution is -2.39. The van der Waals surface area contributed by atoms with Crippen LogP contribution in [0.1, 0.15) is 0 Å². The van der Waals surface area contributed by atoms with Crippen LogP contribution in [0.25, 0.3) is 0 Å². The van der Waals surface area contributed by atoms with Gasteiger partial charge in [0.1, 0.15) is 21.6 Å². The van der Waals surface area contributed by atoms with E-state index in [0.717, 1.165) is 15.9 Å². The lowest BCUT2D eigenvalue weighted by molar-refractivity contribution is -0.133. The summed E-state index contributed by atoms with van der Waals surface area (Å²) in [6, 6.07) is 36.6. The molecule has 1 aliphatic carbocycles. The number of hydrogen-bond acceptors (Lipinski definition) is 4. The molecule has 4 aromatic carbocycles. The van der Waals surface area contributed by atoms with E-state index in [1.165, 1.54) is 0 Å². The maximum Gasteiger partial charge on any atom is 0.275 e. The molecule has 36 heavy (non-hydrogen) atoms. The normalized spacial score (nSPS) is 14.2. The third kappa shape index (κ3) is 3.84. The fraction of sp³-hybridized carbons (Fsp3) is 0. The van der Waals surface area contributed by atoms with Crippen LogP contribution in [0.2, 0.25) is 0 Å². The number of rotatable bonds is 6. The second kappa shape index (κ2) is 9.73. The summed E-state index contributed by atoms with van der Waals surface area (Å²) < 4.78 is 15.3. The topological polar surface area (TPSA) is 66.4 Å². The second-order valence-electron chi connectivity index (χ2n) is 8.21. The zero-order valence-electron chi connectivity index (χ0n) is 19.1. The molecule has 0 heterocycles. The third-order valence-electron chi connectivity index (χ3n) is 6.11. The van der Waals surface area contributed by atoms with Gasteiger partial charge in [-0.1, -0.05) is 72.8 Å². The molecular formula is C30H22FNO3P+. The summed E-state index contributed by atoms with van der Waals surface area (Å²) in [6.45, 7) is 0. The van der Waals surface area contributed by atoms with E-state index in [-0.39, 0.29) is 5.31 Å². The molecule has 4 aromatic rings. The van der Waals surface area contributed by atoms with Gasteiger partial charge in [-0.15, -0.1) is 0 Å². The Morgan fingerprint density at radius 2 is 0.972 bits per heavy atom. The van der Waals surface area contributed by atoms with Crippen molar-refractivity contribution >= 4 is 40.4 Å². The molecule has 2 N–H and O–H groups in total. The van der Waals surface area contributed by atoms with E-state index in [9.17, 15) is 14.7 Å². The molecule has 4 nitrogen and oxygen atoms in total. The summed E-state index contributed by atoms with van der Waals surface area (Å²) in [5, 5.41) is 16.6. The summed E-state index contributed by atoms with van der Waals surface area (Å²) in [5.74, 6) is -4.20. The van der Waals surface area contributed by atoms with Gasteiger partial charge in [0.05, 0.1) is 0 Å². The van der Waals surface area contributed by atoms with E-state index in [4.69, 9.17) is 0 Å². The van der Waals surface area contributed by atoms with Crippen molar-refractivity contribution in [1.82, 2.24) is 0 Å². The number of carbonyl (C=O) groups is 2. The number of halogens is 1. The van der Waals surface area contributed by atoms with Gasteiger partial charge < -0.3 is 10.4 Å². The summed E-state index contributed by atoms with van der Waals surface area (Å²) in [5.41, 5.74) is 0.0618. The predicted molar refractivity (Wildman–Crippen MR) is 143 cm³/mol. The van der Waals surface area contributed by atoms with Gasteiger partial charge in [0, 0.05) is 5.69 Å². The van der Waals surface area contributed by atoms with Crippen LogP contribution in [0.3, 0.4) is 0 Å². The van der Waals surface area contributed by atoms with Crippen molar-refractivity contribution in [3.05, 3.63) is 144 Å². The maximum absolute atomic E-state index is 15.3. The van der Waals surface area contributed by atoms with Crippen LogP contribution >= 0.6 is 7.26 Å². The maximum atomic E-state index is 15.3. The van der Waals surface area contributed by atoms with Crippen molar-refractivity contribution in [2.45, 2.75) is 0 Å². The number of Topliss-reactive ketones (excluding diaryl/α,β-unsaturated/α-hetero) is 2. The number of ketones is 2. The van der Waals surface area contributed by atoms with Crippen molar-refractivity contribution in [1.29, 1.82) is 0 Å². The number of allylic oxidation sites excluding steroid dienone is 2. The molecule has 0 unspecified atom stereocenters. The molecule has 0 saturated carbocycles. The second-order valence-corrected chi connectivity index (χ2v) is 11.6. The lowest BCUT2D eigenvalue weighted by Gasteiger charge is -2.30. The average Bonchev–Trinajstić information content (AvgIpc) is 2.94. The Morgan fingerprint density at radius 3 is 1.39 bits per heavy atom. The number of aliphatic hydroxyl groups is 1. The molecule has 0 aromatic heterocycles. The average molecular weight is 494 g/mol. The minimum Gasteiger partial charge on any atom is -0.502 e. The quantitative estimate of drug-likeness (QED) is 0.220. The fourth-order valence-corrected chi connectivity index (χ4v) is 8.89. The molecule has 0 radical (unpaired) electrons. The van der Waals surface area contributed by atoms with E-state index >= 15 is 4.39 Å². The van der Waals surface area contributed by atoms with Crippen molar-refractivity contribution in [2.24, 2.45) is 0 Å². The Labute approximate surface area is 208 Å². The van der Waals surface area contributed by atoms with Crippen molar-refractivity contribution < 1.29 is 19.1 Å². The summed E-state index contributed by atoms with van der Waals surface area (Å²) in [4.78, 5) is 26.7. The molecular weight excluding hydrogens is 472 g/mol. The van der Waals surface area contributed by atoms with Crippen LogP contribution in [0.4, 0.5) is 10.1 Å². The predicted octanol–water partition coefficient (Wildman–Crippen LogP) is 5.20. The number of hydrogen-bond donors (Lipinski definition) is 2. The Bertz CT molecular complexity index is 1390. The number of benzene rings is 4. The van der Waals surface area contributed by atoms with E-state index in [0.29, 0.717) is 5.69 Å². The van der Waals surface area contributed by atoms with Crippen LogP contribution in [0, 0.1) is 0 Å². The standard InChI is InChI=1S/C30H21FNO3P/c31-25-26(32-21-13-5-1-6-14-21)28(34)30(29(35)27(25)33)36(22-15-7-2-8-16-22,23-17-9-3-10-18-23)24-19-11-4-12-20-24/h1-20H,(H-,32,33,34,35)/p+1. The van der Waals surface area contributed by atoms with E-state index in [2.05, 4.69) is 5.32 Å². The zero-order valence-corrected chi connectivity index (χ0v) is 20.0. The molecule has 6 heteroatoms. The van der Waals surface area contributed by atoms with Gasteiger partial charge in [-0.3, -0.25) is 9.59 Å². The highest BCUT2D eigenvalue weighted by atomic mass is 31.2. The minimum absolute atomic E-state index is 0.101. The molecule has 176 valence electrons. The van der Waals surface area contributed by atoms with Gasteiger partial charge in [-0.25, -0.2) is 4.39 Å². The van der Waals surface area contributed by atoms with Crippen molar-refractivity contribution in [3.8, 4) is 0 Å². The molecule has 1 aliphatic rings. The monoisotopic (exact) mass is 494 g/mol. The van der Waals surface area contributed by atoms with Gasteiger partial charge in [0.15, 0.2) is 13.0 Å². The minimum atomic E-state index is -3.13. The van der Waals surface area contributed by atoms with Gasteiger partial charge in [0.2, 0.25) is 11.1 Å². The Morgan fingerprint density at radius 1 is 0.583 bits per heavy atom. The first kappa shape index (κ1) is 23.4. The molecule has 0 saturated heterocycles. The summed E-state index contributed by atoms with van der Waals surface area (Å²) in [6.07, 6.45) is 0. The SMILES string of the molecule is O=C1C(=O)C([P+](c2ccccc2)(c2ccccc2)c2ccccc2)=C(O)C(Nc2ccccc2)=C1F. The highest BCUT2D eigenvalue weighted by molar-refractivity contribution is 8.00. The van der Waals surface area contributed by atoms with Crippen molar-refractivity contribution in [2.75, 3.05) is 5.32 Å². The third-order valence-corrected chi connectivity index (χ3v) is 10.4.